The third-order valence-electron chi connectivity index (χ3n) is 3.30. The summed E-state index contributed by atoms with van der Waals surface area (Å²) in [6, 6.07) is 5.97. The number of carbonyl (C=O) groups is 1. The fraction of sp³-hybridized carbons (Fsp3) is 0.400. The van der Waals surface area contributed by atoms with Gasteiger partial charge in [-0.2, -0.15) is 0 Å². The third-order valence-corrected chi connectivity index (χ3v) is 4.47. The van der Waals surface area contributed by atoms with Crippen molar-refractivity contribution in [2.45, 2.75) is 6.92 Å². The molecule has 1 aromatic heterocycles. The molecule has 0 fully saturated rings. The maximum Gasteiger partial charge on any atom is 0.266 e. The smallest absolute Gasteiger partial charge is 0.266 e. The van der Waals surface area contributed by atoms with E-state index in [0.717, 1.165) is 15.6 Å². The molecule has 1 heterocycles. The number of hydrogen-bond donors (Lipinski definition) is 2. The van der Waals surface area contributed by atoms with E-state index >= 15 is 0 Å². The summed E-state index contributed by atoms with van der Waals surface area (Å²) in [4.78, 5) is 14.7. The quantitative estimate of drug-likeness (QED) is 0.854. The monoisotopic (exact) mass is 308 g/mol. The summed E-state index contributed by atoms with van der Waals surface area (Å²) in [6.45, 7) is 3.04. The highest BCUT2D eigenvalue weighted by molar-refractivity contribution is 7.21. The molecular weight excluding hydrogens is 288 g/mol. The molecule has 1 aromatic carbocycles. The number of thiophene rings is 1. The van der Waals surface area contributed by atoms with Gasteiger partial charge in [0.25, 0.3) is 5.91 Å². The maximum absolute atomic E-state index is 12.6. The molecule has 5 nitrogen and oxygen atoms in total. The van der Waals surface area contributed by atoms with E-state index < -0.39 is 0 Å². The van der Waals surface area contributed by atoms with E-state index in [9.17, 15) is 4.79 Å². The van der Waals surface area contributed by atoms with Crippen LogP contribution >= 0.6 is 11.3 Å². The summed E-state index contributed by atoms with van der Waals surface area (Å²) >= 11 is 1.39. The number of anilines is 1. The molecule has 0 saturated carbocycles. The Kier molecular flexibility index (Phi) is 5.17. The topological polar surface area (TPSA) is 75.8 Å². The van der Waals surface area contributed by atoms with Crippen LogP contribution in [0.5, 0.6) is 0 Å². The van der Waals surface area contributed by atoms with Crippen LogP contribution in [0.3, 0.4) is 0 Å². The lowest BCUT2D eigenvalue weighted by Crippen LogP contribution is -2.36. The number of fused-ring (bicyclic) bond motifs is 1. The number of hydrogen-bond acceptors (Lipinski definition) is 5. The average Bonchev–Trinajstić information content (AvgIpc) is 2.80. The van der Waals surface area contributed by atoms with Gasteiger partial charge >= 0.3 is 0 Å². The minimum Gasteiger partial charge on any atom is -0.397 e. The number of ether oxygens (including phenoxy) is 1. The molecule has 0 atom stereocenters. The Bertz CT molecular complexity index is 639. The zero-order valence-corrected chi connectivity index (χ0v) is 13.1. The molecule has 6 heteroatoms. The second-order valence-electron chi connectivity index (χ2n) is 4.85. The van der Waals surface area contributed by atoms with Gasteiger partial charge in [0.2, 0.25) is 0 Å². The lowest BCUT2D eigenvalue weighted by molar-refractivity contribution is 0.0662. The van der Waals surface area contributed by atoms with Crippen molar-refractivity contribution < 1.29 is 14.6 Å². The summed E-state index contributed by atoms with van der Waals surface area (Å²) in [6.07, 6.45) is 0. The highest BCUT2D eigenvalue weighted by Crippen LogP contribution is 2.34. The van der Waals surface area contributed by atoms with Crippen molar-refractivity contribution in [1.82, 2.24) is 4.90 Å². The van der Waals surface area contributed by atoms with Crippen LogP contribution in [0.1, 0.15) is 15.2 Å². The van der Waals surface area contributed by atoms with E-state index in [1.54, 1.807) is 12.0 Å². The average molecular weight is 308 g/mol. The highest BCUT2D eigenvalue weighted by Gasteiger charge is 2.21. The SMILES string of the molecule is COCCN(CCO)C(=O)c1sc2ccc(C)cc2c1N. The Balaban J connectivity index is 2.34. The van der Waals surface area contributed by atoms with E-state index in [0.29, 0.717) is 23.7 Å². The van der Waals surface area contributed by atoms with E-state index in [-0.39, 0.29) is 19.1 Å². The molecule has 0 aliphatic rings. The van der Waals surface area contributed by atoms with Crippen molar-refractivity contribution in [3.63, 3.8) is 0 Å². The highest BCUT2D eigenvalue weighted by atomic mass is 32.1. The molecule has 114 valence electrons. The predicted molar refractivity (Wildman–Crippen MR) is 85.8 cm³/mol. The molecule has 0 unspecified atom stereocenters. The van der Waals surface area contributed by atoms with Gasteiger partial charge in [-0.3, -0.25) is 4.79 Å². The van der Waals surface area contributed by atoms with Gasteiger partial charge in [-0.05, 0) is 19.1 Å². The van der Waals surface area contributed by atoms with E-state index in [1.807, 2.05) is 25.1 Å². The number of rotatable bonds is 6. The lowest BCUT2D eigenvalue weighted by atomic mass is 10.1. The minimum absolute atomic E-state index is 0.0840. The van der Waals surface area contributed by atoms with E-state index in [1.165, 1.54) is 11.3 Å². The lowest BCUT2D eigenvalue weighted by Gasteiger charge is -2.20. The number of nitrogen functional groups attached to an aromatic ring is 1. The molecule has 0 saturated heterocycles. The molecule has 3 N–H and O–H groups in total. The molecule has 0 bridgehead atoms. The van der Waals surface area contributed by atoms with Gasteiger partial charge in [0.1, 0.15) is 4.88 Å². The van der Waals surface area contributed by atoms with Crippen molar-refractivity contribution in [3.8, 4) is 0 Å². The number of aliphatic hydroxyl groups excluding tert-OH is 1. The summed E-state index contributed by atoms with van der Waals surface area (Å²) in [7, 11) is 1.58. The number of nitrogens with zero attached hydrogens (tertiary/aromatic N) is 1. The van der Waals surface area contributed by atoms with Gasteiger partial charge in [0, 0.05) is 30.3 Å². The maximum atomic E-state index is 12.6. The van der Waals surface area contributed by atoms with Crippen molar-refractivity contribution in [3.05, 3.63) is 28.6 Å². The Morgan fingerprint density at radius 2 is 2.19 bits per heavy atom. The first-order chi connectivity index (χ1) is 10.1. The zero-order valence-electron chi connectivity index (χ0n) is 12.3. The van der Waals surface area contributed by atoms with Crippen LogP contribution < -0.4 is 5.73 Å². The predicted octanol–water partition coefficient (Wildman–Crippen LogP) is 1.87. The number of carbonyl (C=O) groups excluding carboxylic acids is 1. The molecule has 0 aliphatic carbocycles. The number of aryl methyl sites for hydroxylation is 1. The Morgan fingerprint density at radius 3 is 2.86 bits per heavy atom. The van der Waals surface area contributed by atoms with Crippen LogP contribution in [0.4, 0.5) is 5.69 Å². The number of benzene rings is 1. The molecule has 0 radical (unpaired) electrons. The van der Waals surface area contributed by atoms with Crippen LogP contribution in [0, 0.1) is 6.92 Å². The first-order valence-electron chi connectivity index (χ1n) is 6.76. The number of aliphatic hydroxyl groups is 1. The minimum atomic E-state index is -0.155. The molecule has 0 aliphatic heterocycles. The van der Waals surface area contributed by atoms with Crippen molar-refractivity contribution in [1.29, 1.82) is 0 Å². The number of nitrogens with two attached hydrogens (primary N) is 1. The zero-order chi connectivity index (χ0) is 15.4. The second-order valence-corrected chi connectivity index (χ2v) is 5.91. The van der Waals surface area contributed by atoms with Gasteiger partial charge in [0.05, 0.1) is 18.9 Å². The fourth-order valence-corrected chi connectivity index (χ4v) is 3.24. The molecule has 2 aromatic rings. The Labute approximate surface area is 127 Å². The molecule has 0 spiro atoms. The largest absolute Gasteiger partial charge is 0.397 e. The second kappa shape index (κ2) is 6.89. The standard InChI is InChI=1S/C15H20N2O3S/c1-10-3-4-12-11(9-10)13(16)14(21-12)15(19)17(5-7-18)6-8-20-2/h3-4,9,18H,5-8,16H2,1-2H3. The normalized spacial score (nSPS) is 11.0. The van der Waals surface area contributed by atoms with Gasteiger partial charge in [-0.15, -0.1) is 11.3 Å². The Hall–Kier alpha value is -1.63. The molecule has 21 heavy (non-hydrogen) atoms. The Morgan fingerprint density at radius 1 is 1.43 bits per heavy atom. The van der Waals surface area contributed by atoms with Gasteiger partial charge in [-0.1, -0.05) is 11.6 Å². The van der Waals surface area contributed by atoms with Crippen LogP contribution in [0.15, 0.2) is 18.2 Å². The third kappa shape index (κ3) is 3.34. The summed E-state index contributed by atoms with van der Waals surface area (Å²) in [5, 5.41) is 10.0. The first kappa shape index (κ1) is 15.8. The van der Waals surface area contributed by atoms with Gasteiger partial charge in [0.15, 0.2) is 0 Å². The molecule has 1 amide bonds. The summed E-state index contributed by atoms with van der Waals surface area (Å²) in [5.74, 6) is -0.155. The van der Waals surface area contributed by atoms with Crippen molar-refractivity contribution in [2.24, 2.45) is 0 Å². The van der Waals surface area contributed by atoms with Crippen LogP contribution in [-0.2, 0) is 4.74 Å². The van der Waals surface area contributed by atoms with Crippen molar-refractivity contribution >= 4 is 33.0 Å². The fourth-order valence-electron chi connectivity index (χ4n) is 2.17. The summed E-state index contributed by atoms with van der Waals surface area (Å²) in [5.41, 5.74) is 7.77. The molecule has 2 rings (SSSR count). The van der Waals surface area contributed by atoms with Crippen LogP contribution in [-0.4, -0.2) is 49.3 Å². The van der Waals surface area contributed by atoms with Gasteiger partial charge < -0.3 is 20.5 Å². The number of amides is 1. The van der Waals surface area contributed by atoms with Crippen LogP contribution in [0.25, 0.3) is 10.1 Å². The summed E-state index contributed by atoms with van der Waals surface area (Å²) < 4.78 is 6.00. The molecular formula is C15H20N2O3S. The number of methoxy groups -OCH3 is 1. The van der Waals surface area contributed by atoms with E-state index in [2.05, 4.69) is 0 Å². The van der Waals surface area contributed by atoms with E-state index in [4.69, 9.17) is 15.6 Å². The van der Waals surface area contributed by atoms with Gasteiger partial charge in [-0.25, -0.2) is 0 Å². The first-order valence-corrected chi connectivity index (χ1v) is 7.57. The van der Waals surface area contributed by atoms with Crippen molar-refractivity contribution in [2.75, 3.05) is 39.1 Å². The van der Waals surface area contributed by atoms with Crippen LogP contribution in [0.2, 0.25) is 0 Å².